The molecule has 0 radical (unpaired) electrons. The summed E-state index contributed by atoms with van der Waals surface area (Å²) in [4.78, 5) is 51.1. The van der Waals surface area contributed by atoms with Crippen LogP contribution in [0.5, 0.6) is 0 Å². The molecule has 54 heavy (non-hydrogen) atoms. The largest absolute Gasteiger partial charge is 0.399 e. The van der Waals surface area contributed by atoms with Gasteiger partial charge in [0.2, 0.25) is 12.3 Å². The van der Waals surface area contributed by atoms with E-state index in [0.717, 1.165) is 81.6 Å². The Hall–Kier alpha value is -4.41. The number of piperidine rings is 2. The van der Waals surface area contributed by atoms with E-state index >= 15 is 0 Å². The first-order valence-electron chi connectivity index (χ1n) is 20.4. The molecule has 0 unspecified atom stereocenters. The van der Waals surface area contributed by atoms with Gasteiger partial charge in [-0.25, -0.2) is 4.79 Å². The van der Waals surface area contributed by atoms with Crippen LogP contribution in [0.4, 0.5) is 10.5 Å². The van der Waals surface area contributed by atoms with Gasteiger partial charge in [0.05, 0.1) is 0 Å². The molecule has 1 aliphatic carbocycles. The summed E-state index contributed by atoms with van der Waals surface area (Å²) in [7, 11) is 0. The van der Waals surface area contributed by atoms with Crippen molar-refractivity contribution in [3.63, 3.8) is 0 Å². The minimum atomic E-state index is -0.632. The lowest BCUT2D eigenvalue weighted by Crippen LogP contribution is -2.59. The highest BCUT2D eigenvalue weighted by Gasteiger charge is 2.34. The zero-order valence-electron chi connectivity index (χ0n) is 31.9. The lowest BCUT2D eigenvalue weighted by molar-refractivity contribution is -0.135. The van der Waals surface area contributed by atoms with Crippen LogP contribution in [0.1, 0.15) is 66.3 Å². The predicted molar refractivity (Wildman–Crippen MR) is 214 cm³/mol. The third-order valence-electron chi connectivity index (χ3n) is 12.4. The molecule has 4 aliphatic rings. The van der Waals surface area contributed by atoms with Crippen molar-refractivity contribution in [2.45, 2.75) is 88.9 Å². The van der Waals surface area contributed by atoms with Crippen molar-refractivity contribution in [2.24, 2.45) is 0 Å². The number of aryl methyl sites for hydroxylation is 2. The molecule has 1 atom stereocenters. The molecule has 7 rings (SSSR count). The maximum atomic E-state index is 14.3. The topological polar surface area (TPSA) is 105 Å². The summed E-state index contributed by atoms with van der Waals surface area (Å²) in [6, 6.07) is 24.9. The van der Waals surface area contributed by atoms with Crippen LogP contribution < -0.4 is 11.1 Å². The number of carbonyl (C=O) groups excluding carboxylic acids is 3. The Balaban J connectivity index is 0.937. The Morgan fingerprint density at radius 2 is 1.48 bits per heavy atom. The number of urea groups is 1. The number of anilines is 1. The van der Waals surface area contributed by atoms with Crippen LogP contribution in [0.25, 0.3) is 0 Å². The highest BCUT2D eigenvalue weighted by Crippen LogP contribution is 2.25. The van der Waals surface area contributed by atoms with E-state index in [2.05, 4.69) is 63.6 Å². The summed E-state index contributed by atoms with van der Waals surface area (Å²) >= 11 is 0. The van der Waals surface area contributed by atoms with Crippen LogP contribution in [0.3, 0.4) is 0 Å². The zero-order chi connectivity index (χ0) is 37.3. The molecule has 3 aliphatic heterocycles. The molecule has 3 aromatic rings. The zero-order valence-corrected chi connectivity index (χ0v) is 31.9. The fourth-order valence-corrected chi connectivity index (χ4v) is 9.14. The lowest BCUT2D eigenvalue weighted by Gasteiger charge is -2.43. The minimum absolute atomic E-state index is 0.0144. The number of hydrogen-bond donors (Lipinski definition) is 2. The fourth-order valence-electron chi connectivity index (χ4n) is 9.14. The molecule has 0 saturated carbocycles. The van der Waals surface area contributed by atoms with E-state index in [1.165, 1.54) is 29.5 Å². The third kappa shape index (κ3) is 9.63. The smallest absolute Gasteiger partial charge is 0.318 e. The van der Waals surface area contributed by atoms with Gasteiger partial charge >= 0.3 is 6.03 Å². The number of piperazine rings is 1. The molecule has 3 fully saturated rings. The number of carbonyl (C=O) groups is 3. The van der Waals surface area contributed by atoms with Crippen LogP contribution in [0.15, 0.2) is 72.8 Å². The van der Waals surface area contributed by atoms with E-state index in [0.29, 0.717) is 64.4 Å². The van der Waals surface area contributed by atoms with Crippen molar-refractivity contribution < 1.29 is 14.4 Å². The van der Waals surface area contributed by atoms with Gasteiger partial charge in [-0.1, -0.05) is 66.7 Å². The minimum Gasteiger partial charge on any atom is -0.399 e. The van der Waals surface area contributed by atoms with Crippen LogP contribution >= 0.6 is 0 Å². The van der Waals surface area contributed by atoms with E-state index in [1.54, 1.807) is 0 Å². The third-order valence-corrected chi connectivity index (χ3v) is 12.4. The molecular weight excluding hydrogens is 675 g/mol. The molecule has 3 heterocycles. The van der Waals surface area contributed by atoms with E-state index < -0.39 is 6.04 Å². The maximum Gasteiger partial charge on any atom is 0.318 e. The van der Waals surface area contributed by atoms with Crippen molar-refractivity contribution in [2.75, 3.05) is 64.6 Å². The molecule has 0 spiro atoms. The quantitative estimate of drug-likeness (QED) is 0.206. The number of nitrogens with zero attached hydrogens (tertiary/aromatic N) is 5. The Kier molecular flexibility index (Phi) is 12.8. The Morgan fingerprint density at radius 3 is 2.20 bits per heavy atom. The van der Waals surface area contributed by atoms with Crippen molar-refractivity contribution in [1.82, 2.24) is 29.8 Å². The van der Waals surface area contributed by atoms with Crippen molar-refractivity contribution in [3.8, 4) is 0 Å². The second-order valence-electron chi connectivity index (χ2n) is 15.9. The van der Waals surface area contributed by atoms with E-state index in [-0.39, 0.29) is 18.0 Å². The Morgan fingerprint density at radius 1 is 0.778 bits per heavy atom. The highest BCUT2D eigenvalue weighted by molar-refractivity contribution is 5.87. The molecule has 10 nitrogen and oxygen atoms in total. The normalized spacial score (nSPS) is 19.6. The number of nitrogens with two attached hydrogens (primary N) is 1. The summed E-state index contributed by atoms with van der Waals surface area (Å²) in [5.41, 5.74) is 13.2. The van der Waals surface area contributed by atoms with Gasteiger partial charge in [0.15, 0.2) is 0 Å². The number of benzene rings is 3. The Bertz CT molecular complexity index is 1700. The highest BCUT2D eigenvalue weighted by atomic mass is 16.2. The molecule has 3 N–H and O–H groups in total. The summed E-state index contributed by atoms with van der Waals surface area (Å²) < 4.78 is 0. The van der Waals surface area contributed by atoms with E-state index in [9.17, 15) is 14.4 Å². The number of hydrogen-bond acceptors (Lipinski definition) is 6. The van der Waals surface area contributed by atoms with Crippen molar-refractivity contribution in [1.29, 1.82) is 0 Å². The van der Waals surface area contributed by atoms with Gasteiger partial charge < -0.3 is 25.8 Å². The SMILES string of the molecule is Nc1ccccc1CCN(C=O)C1CCN(C(=O)N[C@H](Cc2ccc3c(c2)CCCC3)C(=O)N2CCN(C3CCN(Cc4ccccc4)CC3)CC2)CC1. The summed E-state index contributed by atoms with van der Waals surface area (Å²) in [5.74, 6) is 0.0144. The molecular formula is C44H59N7O3. The number of rotatable bonds is 12. The van der Waals surface area contributed by atoms with Crippen LogP contribution in [-0.4, -0.2) is 120 Å². The van der Waals surface area contributed by atoms with Crippen LogP contribution in [0.2, 0.25) is 0 Å². The lowest BCUT2D eigenvalue weighted by atomic mass is 9.89. The van der Waals surface area contributed by atoms with Gasteiger partial charge in [0.1, 0.15) is 6.04 Å². The second-order valence-corrected chi connectivity index (χ2v) is 15.9. The van der Waals surface area contributed by atoms with Crippen LogP contribution in [0, 0.1) is 0 Å². The van der Waals surface area contributed by atoms with Crippen LogP contribution in [-0.2, 0) is 41.8 Å². The van der Waals surface area contributed by atoms with E-state index in [4.69, 9.17) is 5.73 Å². The number of likely N-dealkylation sites (tertiary alicyclic amines) is 2. The fraction of sp³-hybridized carbons (Fsp3) is 0.523. The van der Waals surface area contributed by atoms with Gasteiger partial charge in [-0.05, 0) is 105 Å². The van der Waals surface area contributed by atoms with Crippen molar-refractivity contribution in [3.05, 3.63) is 101 Å². The summed E-state index contributed by atoms with van der Waals surface area (Å²) in [5, 5.41) is 3.20. The van der Waals surface area contributed by atoms with Gasteiger partial charge in [-0.15, -0.1) is 0 Å². The molecule has 4 amide bonds. The second kappa shape index (κ2) is 18.3. The first-order valence-corrected chi connectivity index (χ1v) is 20.4. The van der Waals surface area contributed by atoms with Crippen molar-refractivity contribution >= 4 is 24.0 Å². The first-order chi connectivity index (χ1) is 26.4. The Labute approximate surface area is 321 Å². The number of amides is 4. The van der Waals surface area contributed by atoms with Gasteiger partial charge in [-0.3, -0.25) is 19.4 Å². The number of para-hydroxylation sites is 1. The number of nitrogen functional groups attached to an aromatic ring is 1. The molecule has 10 heteroatoms. The predicted octanol–water partition coefficient (Wildman–Crippen LogP) is 4.74. The number of fused-ring (bicyclic) bond motifs is 1. The molecule has 0 bridgehead atoms. The molecule has 0 aromatic heterocycles. The average molecular weight is 734 g/mol. The van der Waals surface area contributed by atoms with Gasteiger partial charge in [0, 0.05) is 76.5 Å². The van der Waals surface area contributed by atoms with Gasteiger partial charge in [0.25, 0.3) is 0 Å². The molecule has 288 valence electrons. The number of nitrogens with one attached hydrogen (secondary N) is 1. The summed E-state index contributed by atoms with van der Waals surface area (Å²) in [6.07, 6.45) is 10.4. The summed E-state index contributed by atoms with van der Waals surface area (Å²) in [6.45, 7) is 7.97. The van der Waals surface area contributed by atoms with Gasteiger partial charge in [-0.2, -0.15) is 0 Å². The standard InChI is InChI=1S/C44H59N7O3/c45-41-13-7-6-11-37(41)16-23-51(33-52)40-19-24-50(25-20-40)44(54)46-42(31-35-14-15-36-10-4-5-12-38(36)30-35)43(53)49-28-26-48(27-29-49)39-17-21-47(22-18-39)32-34-8-2-1-3-9-34/h1-3,6-9,11,13-15,30,33,39-40,42H,4-5,10,12,16-29,31-32,45H2,(H,46,54)/t42-/m1/s1. The van der Waals surface area contributed by atoms with E-state index in [1.807, 2.05) is 39.0 Å². The molecule has 3 aromatic carbocycles. The monoisotopic (exact) mass is 733 g/mol. The maximum absolute atomic E-state index is 14.3. The average Bonchev–Trinajstić information content (AvgIpc) is 3.22. The first kappa shape index (κ1) is 37.9. The molecule has 3 saturated heterocycles.